The van der Waals surface area contributed by atoms with E-state index in [4.69, 9.17) is 16.3 Å². The lowest BCUT2D eigenvalue weighted by Crippen LogP contribution is -2.21. The van der Waals surface area contributed by atoms with Crippen LogP contribution >= 0.6 is 22.9 Å². The molecule has 3 rings (SSSR count). The fourth-order valence-electron chi connectivity index (χ4n) is 3.05. The van der Waals surface area contributed by atoms with Crippen LogP contribution < -0.4 is 5.32 Å². The van der Waals surface area contributed by atoms with Crippen molar-refractivity contribution in [1.29, 1.82) is 0 Å². The number of nitrogens with zero attached hydrogens (tertiary/aromatic N) is 3. The number of aromatic nitrogens is 2. The number of carbonyl (C=O) groups excluding carboxylic acids is 2. The van der Waals surface area contributed by atoms with Crippen LogP contribution in [0.25, 0.3) is 0 Å². The Morgan fingerprint density at radius 3 is 2.74 bits per heavy atom. The second-order valence-corrected chi connectivity index (χ2v) is 7.58. The second kappa shape index (κ2) is 7.65. The number of ether oxygens (including phenoxy) is 1. The van der Waals surface area contributed by atoms with Gasteiger partial charge in [0.05, 0.1) is 23.5 Å². The van der Waals surface area contributed by atoms with Crippen LogP contribution in [0.15, 0.2) is 0 Å². The number of esters is 1. The van der Waals surface area contributed by atoms with Gasteiger partial charge in [-0.2, -0.15) is 4.68 Å². The standard InChI is InChI=1S/C16H17ClN4O5S/c1-8-13(17)14(21(24)25)19-20(8)7-11(22)18-15-12(16(23)26-2)9-5-3-4-6-10(9)27-15/h3-7H2,1-2H3,(H,18,22). The van der Waals surface area contributed by atoms with Crippen molar-refractivity contribution in [3.8, 4) is 0 Å². The number of nitro groups is 1. The van der Waals surface area contributed by atoms with E-state index in [9.17, 15) is 19.7 Å². The number of methoxy groups -OCH3 is 1. The minimum Gasteiger partial charge on any atom is -0.465 e. The van der Waals surface area contributed by atoms with Gasteiger partial charge in [-0.1, -0.05) is 11.6 Å². The molecule has 1 aliphatic carbocycles. The number of nitrogens with one attached hydrogen (secondary N) is 1. The van der Waals surface area contributed by atoms with Crippen LogP contribution in [-0.4, -0.2) is 33.7 Å². The number of hydrogen-bond donors (Lipinski definition) is 1. The lowest BCUT2D eigenvalue weighted by atomic mass is 9.95. The zero-order valence-corrected chi connectivity index (χ0v) is 16.3. The van der Waals surface area contributed by atoms with E-state index in [1.165, 1.54) is 23.1 Å². The summed E-state index contributed by atoms with van der Waals surface area (Å²) in [6.07, 6.45) is 3.65. The van der Waals surface area contributed by atoms with Gasteiger partial charge in [-0.05, 0) is 43.1 Å². The number of thiophene rings is 1. The van der Waals surface area contributed by atoms with Crippen molar-refractivity contribution in [2.75, 3.05) is 12.4 Å². The Morgan fingerprint density at radius 2 is 2.11 bits per heavy atom. The van der Waals surface area contributed by atoms with Crippen LogP contribution in [0, 0.1) is 17.0 Å². The molecule has 27 heavy (non-hydrogen) atoms. The summed E-state index contributed by atoms with van der Waals surface area (Å²) in [5.41, 5.74) is 1.64. The van der Waals surface area contributed by atoms with Crippen LogP contribution in [0.5, 0.6) is 0 Å². The lowest BCUT2D eigenvalue weighted by molar-refractivity contribution is -0.389. The summed E-state index contributed by atoms with van der Waals surface area (Å²) in [5.74, 6) is -1.45. The van der Waals surface area contributed by atoms with E-state index in [1.807, 2.05) is 0 Å². The van der Waals surface area contributed by atoms with Crippen LogP contribution in [0.2, 0.25) is 5.02 Å². The van der Waals surface area contributed by atoms with Gasteiger partial charge in [0.2, 0.25) is 5.91 Å². The van der Waals surface area contributed by atoms with Crippen molar-refractivity contribution in [3.63, 3.8) is 0 Å². The number of hydrogen-bond acceptors (Lipinski definition) is 7. The minimum atomic E-state index is -0.702. The number of aryl methyl sites for hydroxylation is 1. The van der Waals surface area contributed by atoms with E-state index in [1.54, 1.807) is 6.92 Å². The van der Waals surface area contributed by atoms with Crippen LogP contribution in [0.4, 0.5) is 10.8 Å². The highest BCUT2D eigenvalue weighted by molar-refractivity contribution is 7.17. The summed E-state index contributed by atoms with van der Waals surface area (Å²) in [6, 6.07) is 0. The van der Waals surface area contributed by atoms with Gasteiger partial charge in [-0.25, -0.2) is 4.79 Å². The molecule has 2 aromatic rings. The van der Waals surface area contributed by atoms with E-state index in [0.29, 0.717) is 16.3 Å². The Kier molecular flexibility index (Phi) is 5.47. The molecule has 0 saturated heterocycles. The number of amides is 1. The van der Waals surface area contributed by atoms with Gasteiger partial charge in [0.1, 0.15) is 11.5 Å². The van der Waals surface area contributed by atoms with Crippen LogP contribution in [-0.2, 0) is 28.9 Å². The van der Waals surface area contributed by atoms with Gasteiger partial charge >= 0.3 is 11.8 Å². The van der Waals surface area contributed by atoms with Crippen LogP contribution in [0.1, 0.15) is 39.3 Å². The molecule has 0 aromatic carbocycles. The maximum atomic E-state index is 12.5. The average molecular weight is 413 g/mol. The zero-order chi connectivity index (χ0) is 19.7. The molecule has 2 heterocycles. The Balaban J connectivity index is 1.85. The first kappa shape index (κ1) is 19.3. The smallest absolute Gasteiger partial charge is 0.408 e. The summed E-state index contributed by atoms with van der Waals surface area (Å²) in [4.78, 5) is 36.0. The molecule has 1 amide bonds. The molecule has 0 saturated carbocycles. The quantitative estimate of drug-likeness (QED) is 0.458. The number of anilines is 1. The first-order valence-corrected chi connectivity index (χ1v) is 9.43. The molecule has 0 spiro atoms. The van der Waals surface area contributed by atoms with Gasteiger partial charge in [-0.3, -0.25) is 4.79 Å². The topological polar surface area (TPSA) is 116 Å². The number of carbonyl (C=O) groups is 2. The highest BCUT2D eigenvalue weighted by atomic mass is 35.5. The van der Waals surface area contributed by atoms with Gasteiger partial charge in [0.25, 0.3) is 0 Å². The van der Waals surface area contributed by atoms with Crippen molar-refractivity contribution < 1.29 is 19.2 Å². The molecular formula is C16H17ClN4O5S. The van der Waals surface area contributed by atoms with Crippen molar-refractivity contribution in [2.45, 2.75) is 39.2 Å². The highest BCUT2D eigenvalue weighted by Crippen LogP contribution is 2.38. The van der Waals surface area contributed by atoms with E-state index < -0.39 is 22.6 Å². The highest BCUT2D eigenvalue weighted by Gasteiger charge is 2.28. The summed E-state index contributed by atoms with van der Waals surface area (Å²) >= 11 is 7.26. The summed E-state index contributed by atoms with van der Waals surface area (Å²) in [7, 11) is 1.30. The largest absolute Gasteiger partial charge is 0.465 e. The summed E-state index contributed by atoms with van der Waals surface area (Å²) in [6.45, 7) is 1.28. The third-order valence-corrected chi connectivity index (χ3v) is 6.05. The molecule has 0 unspecified atom stereocenters. The van der Waals surface area contributed by atoms with E-state index in [2.05, 4.69) is 10.4 Å². The Morgan fingerprint density at radius 1 is 1.41 bits per heavy atom. The summed E-state index contributed by atoms with van der Waals surface area (Å²) < 4.78 is 6.04. The average Bonchev–Trinajstić information content (AvgIpc) is 3.13. The Hall–Kier alpha value is -2.46. The molecule has 0 atom stereocenters. The molecular weight excluding hydrogens is 396 g/mol. The third kappa shape index (κ3) is 3.67. The number of halogens is 1. The van der Waals surface area contributed by atoms with E-state index >= 15 is 0 Å². The van der Waals surface area contributed by atoms with Crippen molar-refractivity contribution >= 4 is 45.6 Å². The number of rotatable bonds is 5. The molecule has 1 N–H and O–H groups in total. The van der Waals surface area contributed by atoms with Gasteiger partial charge < -0.3 is 20.2 Å². The fraction of sp³-hybridized carbons (Fsp3) is 0.438. The molecule has 0 fully saturated rings. The lowest BCUT2D eigenvalue weighted by Gasteiger charge is -2.11. The summed E-state index contributed by atoms with van der Waals surface area (Å²) in [5, 5.41) is 17.7. The first-order chi connectivity index (χ1) is 12.8. The minimum absolute atomic E-state index is 0.102. The van der Waals surface area contributed by atoms with Crippen LogP contribution in [0.3, 0.4) is 0 Å². The predicted molar refractivity (Wildman–Crippen MR) is 99.6 cm³/mol. The molecule has 2 aromatic heterocycles. The van der Waals surface area contributed by atoms with E-state index in [-0.39, 0.29) is 11.6 Å². The predicted octanol–water partition coefficient (Wildman–Crippen LogP) is 3.12. The Labute approximate surface area is 163 Å². The van der Waals surface area contributed by atoms with Gasteiger partial charge in [0, 0.05) is 4.88 Å². The monoisotopic (exact) mass is 412 g/mol. The molecule has 144 valence electrons. The van der Waals surface area contributed by atoms with E-state index in [0.717, 1.165) is 36.1 Å². The second-order valence-electron chi connectivity index (χ2n) is 6.09. The van der Waals surface area contributed by atoms with Crippen molar-refractivity contribution in [3.05, 3.63) is 36.8 Å². The normalized spacial score (nSPS) is 13.1. The maximum absolute atomic E-state index is 12.5. The van der Waals surface area contributed by atoms with Crippen molar-refractivity contribution in [1.82, 2.24) is 9.78 Å². The first-order valence-electron chi connectivity index (χ1n) is 8.23. The molecule has 0 bridgehead atoms. The van der Waals surface area contributed by atoms with Crippen molar-refractivity contribution in [2.24, 2.45) is 0 Å². The zero-order valence-electron chi connectivity index (χ0n) is 14.7. The molecule has 9 nitrogen and oxygen atoms in total. The maximum Gasteiger partial charge on any atom is 0.408 e. The molecule has 0 radical (unpaired) electrons. The molecule has 1 aliphatic rings. The fourth-order valence-corrected chi connectivity index (χ4v) is 4.55. The van der Waals surface area contributed by atoms with Gasteiger partial charge in [0.15, 0.2) is 5.02 Å². The molecule has 0 aliphatic heterocycles. The molecule has 11 heteroatoms. The van der Waals surface area contributed by atoms with Gasteiger partial charge in [-0.15, -0.1) is 11.3 Å². The SMILES string of the molecule is COC(=O)c1c(NC(=O)Cn2nc([N+](=O)[O-])c(Cl)c2C)sc2c1CCCC2. The third-order valence-electron chi connectivity index (χ3n) is 4.40. The Bertz CT molecular complexity index is 936. The number of fused-ring (bicyclic) bond motifs is 1.